The monoisotopic (exact) mass is 315 g/mol. The predicted octanol–water partition coefficient (Wildman–Crippen LogP) is 1.57. The molecule has 1 unspecified atom stereocenters. The highest BCUT2D eigenvalue weighted by molar-refractivity contribution is 5.78. The minimum atomic E-state index is -1.73. The third kappa shape index (κ3) is 5.17. The van der Waals surface area contributed by atoms with E-state index in [9.17, 15) is 4.79 Å². The summed E-state index contributed by atoms with van der Waals surface area (Å²) in [6.07, 6.45) is 1.24. The van der Waals surface area contributed by atoms with Crippen LogP contribution in [0, 0.1) is 0 Å². The van der Waals surface area contributed by atoms with Crippen molar-refractivity contribution in [2.75, 3.05) is 13.2 Å². The molecule has 0 saturated heterocycles. The van der Waals surface area contributed by atoms with Gasteiger partial charge in [-0.1, -0.05) is 54.6 Å². The van der Waals surface area contributed by atoms with Crippen molar-refractivity contribution < 1.29 is 19.7 Å². The van der Waals surface area contributed by atoms with Gasteiger partial charge in [0.1, 0.15) is 0 Å². The molecule has 2 aromatic rings. The number of aliphatic hydroxyl groups excluding tert-OH is 1. The number of aliphatic carboxylic acids is 1. The molecule has 0 amide bonds. The summed E-state index contributed by atoms with van der Waals surface area (Å²) in [4.78, 5) is 10.7. The zero-order valence-corrected chi connectivity index (χ0v) is 12.8. The molecule has 0 aliphatic heterocycles. The Labute approximate surface area is 135 Å². The van der Waals surface area contributed by atoms with E-state index in [1.54, 1.807) is 0 Å². The lowest BCUT2D eigenvalue weighted by atomic mass is 10.0. The van der Waals surface area contributed by atoms with E-state index in [0.29, 0.717) is 0 Å². The number of carboxylic acid groups (broad SMARTS) is 1. The molecule has 0 aromatic heterocycles. The quantitative estimate of drug-likeness (QED) is 0.642. The molecule has 0 radical (unpaired) electrons. The molecule has 0 bridgehead atoms. The Morgan fingerprint density at radius 3 is 2.13 bits per heavy atom. The fraction of sp³-hybridized carbons (Fsp3) is 0.278. The van der Waals surface area contributed by atoms with Crippen molar-refractivity contribution in [3.63, 3.8) is 0 Å². The maximum absolute atomic E-state index is 10.7. The van der Waals surface area contributed by atoms with Crippen LogP contribution in [0.25, 0.3) is 0 Å². The second kappa shape index (κ2) is 7.87. The first kappa shape index (κ1) is 17.1. The largest absolute Gasteiger partial charge is 0.480 e. The number of carbonyl (C=O) groups is 1. The number of rotatable bonds is 6. The van der Waals surface area contributed by atoms with Crippen LogP contribution in [0.15, 0.2) is 54.6 Å². The van der Waals surface area contributed by atoms with Crippen LogP contribution in [0.5, 0.6) is 0 Å². The number of ether oxygens (including phenoxy) is 1. The maximum Gasteiger partial charge on any atom is 0.328 e. The Kier molecular flexibility index (Phi) is 5.87. The van der Waals surface area contributed by atoms with E-state index in [2.05, 4.69) is 24.3 Å². The lowest BCUT2D eigenvalue weighted by Gasteiger charge is -2.21. The summed E-state index contributed by atoms with van der Waals surface area (Å²) in [6, 6.07) is 17.8. The molecule has 4 N–H and O–H groups in total. The van der Waals surface area contributed by atoms with Crippen LogP contribution in [-0.2, 0) is 22.6 Å². The average Bonchev–Trinajstić information content (AvgIpc) is 3.35. The van der Waals surface area contributed by atoms with E-state index in [1.165, 1.54) is 17.5 Å². The smallest absolute Gasteiger partial charge is 0.328 e. The lowest BCUT2D eigenvalue weighted by Crippen LogP contribution is -2.55. The zero-order valence-electron chi connectivity index (χ0n) is 12.8. The van der Waals surface area contributed by atoms with Crippen molar-refractivity contribution in [3.05, 3.63) is 71.3 Å². The topological polar surface area (TPSA) is 92.8 Å². The standard InChI is InChI=1S/C11H15NO4.C7H6/c12-11(7-13,10(14)15)8-16-6-9-4-2-1-3-5-9;1-2-4-7-5-6(7)3-1/h1-5,13H,6-8,12H2,(H,14,15);1-4H,5H2. The van der Waals surface area contributed by atoms with Gasteiger partial charge in [0.2, 0.25) is 0 Å². The number of carboxylic acids is 1. The Hall–Kier alpha value is -2.21. The summed E-state index contributed by atoms with van der Waals surface area (Å²) < 4.78 is 5.17. The molecule has 0 spiro atoms. The lowest BCUT2D eigenvalue weighted by molar-refractivity contribution is -0.148. The average molecular weight is 315 g/mol. The van der Waals surface area contributed by atoms with Gasteiger partial charge >= 0.3 is 5.97 Å². The molecular formula is C18H21NO4. The van der Waals surface area contributed by atoms with Gasteiger partial charge in [-0.2, -0.15) is 0 Å². The minimum absolute atomic E-state index is 0.228. The van der Waals surface area contributed by atoms with Gasteiger partial charge in [0.05, 0.1) is 19.8 Å². The van der Waals surface area contributed by atoms with Gasteiger partial charge in [0.15, 0.2) is 5.54 Å². The molecule has 5 nitrogen and oxygen atoms in total. The van der Waals surface area contributed by atoms with E-state index in [1.807, 2.05) is 30.3 Å². The van der Waals surface area contributed by atoms with Crippen LogP contribution < -0.4 is 5.73 Å². The third-order valence-corrected chi connectivity index (χ3v) is 3.55. The number of nitrogens with two attached hydrogens (primary N) is 1. The van der Waals surface area contributed by atoms with Crippen LogP contribution in [0.2, 0.25) is 0 Å². The van der Waals surface area contributed by atoms with Crippen LogP contribution >= 0.6 is 0 Å². The Morgan fingerprint density at radius 1 is 1.09 bits per heavy atom. The van der Waals surface area contributed by atoms with E-state index in [-0.39, 0.29) is 13.2 Å². The molecule has 1 aliphatic rings. The van der Waals surface area contributed by atoms with Gasteiger partial charge in [0, 0.05) is 0 Å². The molecular weight excluding hydrogens is 294 g/mol. The first-order chi connectivity index (χ1) is 11.0. The van der Waals surface area contributed by atoms with Crippen LogP contribution in [0.4, 0.5) is 0 Å². The summed E-state index contributed by atoms with van der Waals surface area (Å²) >= 11 is 0. The highest BCUT2D eigenvalue weighted by Gasteiger charge is 2.33. The third-order valence-electron chi connectivity index (χ3n) is 3.55. The molecule has 5 heteroatoms. The molecule has 3 rings (SSSR count). The summed E-state index contributed by atoms with van der Waals surface area (Å²) in [6.45, 7) is -0.613. The predicted molar refractivity (Wildman–Crippen MR) is 87.0 cm³/mol. The van der Waals surface area contributed by atoms with E-state index in [4.69, 9.17) is 20.7 Å². The maximum atomic E-state index is 10.7. The zero-order chi connectivity index (χ0) is 16.7. The summed E-state index contributed by atoms with van der Waals surface area (Å²) in [5.74, 6) is -1.27. The van der Waals surface area contributed by atoms with Gasteiger partial charge in [0.25, 0.3) is 0 Å². The number of aliphatic hydroxyl groups is 1. The van der Waals surface area contributed by atoms with Crippen molar-refractivity contribution in [1.82, 2.24) is 0 Å². The van der Waals surface area contributed by atoms with Crippen LogP contribution in [0.3, 0.4) is 0 Å². The Bertz CT molecular complexity index is 623. The van der Waals surface area contributed by atoms with Gasteiger partial charge in [-0.15, -0.1) is 0 Å². The van der Waals surface area contributed by atoms with Gasteiger partial charge < -0.3 is 20.7 Å². The minimum Gasteiger partial charge on any atom is -0.480 e. The first-order valence-corrected chi connectivity index (χ1v) is 7.37. The molecule has 0 saturated carbocycles. The summed E-state index contributed by atoms with van der Waals surface area (Å²) in [5.41, 5.74) is 7.69. The Morgan fingerprint density at radius 2 is 1.65 bits per heavy atom. The fourth-order valence-corrected chi connectivity index (χ4v) is 1.94. The molecule has 1 atom stereocenters. The van der Waals surface area contributed by atoms with E-state index in [0.717, 1.165) is 5.56 Å². The van der Waals surface area contributed by atoms with E-state index < -0.39 is 18.1 Å². The van der Waals surface area contributed by atoms with Gasteiger partial charge in [-0.25, -0.2) is 0 Å². The summed E-state index contributed by atoms with van der Waals surface area (Å²) in [7, 11) is 0. The number of fused-ring (bicyclic) bond motifs is 1. The van der Waals surface area contributed by atoms with Crippen LogP contribution in [0.1, 0.15) is 16.7 Å². The molecule has 23 heavy (non-hydrogen) atoms. The van der Waals surface area contributed by atoms with Gasteiger partial charge in [-0.3, -0.25) is 4.79 Å². The van der Waals surface area contributed by atoms with Gasteiger partial charge in [-0.05, 0) is 23.1 Å². The second-order valence-electron chi connectivity index (χ2n) is 5.54. The first-order valence-electron chi connectivity index (χ1n) is 7.37. The number of hydrogen-bond acceptors (Lipinski definition) is 4. The number of hydrogen-bond donors (Lipinski definition) is 3. The molecule has 122 valence electrons. The molecule has 0 heterocycles. The normalized spacial score (nSPS) is 14.0. The highest BCUT2D eigenvalue weighted by atomic mass is 16.5. The van der Waals surface area contributed by atoms with Crippen molar-refractivity contribution in [3.8, 4) is 0 Å². The van der Waals surface area contributed by atoms with Crippen molar-refractivity contribution in [2.45, 2.75) is 18.6 Å². The van der Waals surface area contributed by atoms with Crippen molar-refractivity contribution in [1.29, 1.82) is 0 Å². The van der Waals surface area contributed by atoms with Crippen molar-refractivity contribution in [2.24, 2.45) is 5.73 Å². The fourth-order valence-electron chi connectivity index (χ4n) is 1.94. The SMILES string of the molecule is NC(CO)(COCc1ccccc1)C(=O)O.c1ccc2c(c1)C2. The van der Waals surface area contributed by atoms with Crippen molar-refractivity contribution >= 4 is 5.97 Å². The summed E-state index contributed by atoms with van der Waals surface area (Å²) in [5, 5.41) is 17.6. The molecule has 1 aliphatic carbocycles. The molecule has 2 aromatic carbocycles. The highest BCUT2D eigenvalue weighted by Crippen LogP contribution is 2.25. The Balaban J connectivity index is 0.000000223. The van der Waals surface area contributed by atoms with Crippen LogP contribution in [-0.4, -0.2) is 34.9 Å². The molecule has 0 fully saturated rings. The van der Waals surface area contributed by atoms with E-state index >= 15 is 0 Å². The second-order valence-corrected chi connectivity index (χ2v) is 5.54. The number of benzene rings is 2.